The number of aromatic nitrogens is 1. The molecule has 0 aliphatic heterocycles. The lowest BCUT2D eigenvalue weighted by Gasteiger charge is -2.14. The van der Waals surface area contributed by atoms with Crippen LogP contribution in [0.15, 0.2) is 35.8 Å². The van der Waals surface area contributed by atoms with Crippen LogP contribution in [0.1, 0.15) is 17.6 Å². The summed E-state index contributed by atoms with van der Waals surface area (Å²) in [5.41, 5.74) is 6.11. The zero-order valence-corrected chi connectivity index (χ0v) is 13.9. The molecule has 0 spiro atoms. The summed E-state index contributed by atoms with van der Waals surface area (Å²) in [5.74, 6) is -0.443. The van der Waals surface area contributed by atoms with Gasteiger partial charge in [0.25, 0.3) is 5.91 Å². The van der Waals surface area contributed by atoms with Gasteiger partial charge in [0.2, 0.25) is 0 Å². The lowest BCUT2D eigenvalue weighted by molar-refractivity contribution is -0.127. The zero-order valence-electron chi connectivity index (χ0n) is 13.0. The Morgan fingerprint density at radius 2 is 2.17 bits per heavy atom. The molecule has 8 heteroatoms. The minimum absolute atomic E-state index is 0.306. The number of carbonyl (C=O) groups is 1. The highest BCUT2D eigenvalue weighted by molar-refractivity contribution is 7.10. The third-order valence-electron chi connectivity index (χ3n) is 2.88. The molecule has 1 aromatic heterocycles. The van der Waals surface area contributed by atoms with Gasteiger partial charge >= 0.3 is 0 Å². The Morgan fingerprint density at radius 1 is 1.46 bits per heavy atom. The van der Waals surface area contributed by atoms with Crippen LogP contribution in [0.3, 0.4) is 0 Å². The predicted molar refractivity (Wildman–Crippen MR) is 88.2 cm³/mol. The van der Waals surface area contributed by atoms with E-state index in [1.54, 1.807) is 6.92 Å². The molecular weight excluding hydrogens is 331 g/mol. The number of amides is 1. The van der Waals surface area contributed by atoms with Crippen LogP contribution in [0.5, 0.6) is 5.75 Å². The Morgan fingerprint density at radius 3 is 2.75 bits per heavy atom. The van der Waals surface area contributed by atoms with Crippen LogP contribution in [-0.4, -0.2) is 17.0 Å². The molecule has 24 heavy (non-hydrogen) atoms. The molecule has 0 aliphatic carbocycles. The molecule has 0 unspecified atom stereocenters. The van der Waals surface area contributed by atoms with Crippen molar-refractivity contribution in [3.05, 3.63) is 52.4 Å². The minimum atomic E-state index is -0.802. The fourth-order valence-electron chi connectivity index (χ4n) is 1.67. The maximum absolute atomic E-state index is 12.8. The Bertz CT molecular complexity index is 780. The van der Waals surface area contributed by atoms with Crippen LogP contribution in [0.4, 0.5) is 4.39 Å². The maximum Gasteiger partial charge on any atom is 0.279 e. The lowest BCUT2D eigenvalue weighted by Crippen LogP contribution is -2.42. The van der Waals surface area contributed by atoms with Crippen LogP contribution in [0.25, 0.3) is 5.57 Å². The summed E-state index contributed by atoms with van der Waals surface area (Å²) in [5, 5.41) is 11.5. The highest BCUT2D eigenvalue weighted by Crippen LogP contribution is 2.17. The van der Waals surface area contributed by atoms with E-state index in [2.05, 4.69) is 15.8 Å². The van der Waals surface area contributed by atoms with Gasteiger partial charge in [-0.2, -0.15) is 5.26 Å². The van der Waals surface area contributed by atoms with Gasteiger partial charge in [0.05, 0.1) is 0 Å². The first-order valence-corrected chi connectivity index (χ1v) is 7.88. The van der Waals surface area contributed by atoms with Crippen LogP contribution in [0, 0.1) is 24.1 Å². The number of halogens is 1. The van der Waals surface area contributed by atoms with Crippen molar-refractivity contribution in [3.63, 3.8) is 0 Å². The second-order valence-electron chi connectivity index (χ2n) is 4.81. The van der Waals surface area contributed by atoms with Crippen molar-refractivity contribution in [2.75, 3.05) is 0 Å². The zero-order chi connectivity index (χ0) is 17.5. The normalized spacial score (nSPS) is 12.2. The number of nitrogens with zero attached hydrogens (tertiary/aromatic N) is 2. The van der Waals surface area contributed by atoms with Gasteiger partial charge in [-0.25, -0.2) is 9.37 Å². The highest BCUT2D eigenvalue weighted by Gasteiger charge is 2.14. The summed E-state index contributed by atoms with van der Waals surface area (Å²) in [6.45, 7) is 3.39. The van der Waals surface area contributed by atoms with Crippen LogP contribution in [-0.2, 0) is 4.79 Å². The number of thiazole rings is 1. The van der Waals surface area contributed by atoms with E-state index in [-0.39, 0.29) is 5.82 Å². The van der Waals surface area contributed by atoms with Crippen molar-refractivity contribution in [2.24, 2.45) is 0 Å². The van der Waals surface area contributed by atoms with Crippen molar-refractivity contribution < 1.29 is 13.9 Å². The quantitative estimate of drug-likeness (QED) is 0.620. The van der Waals surface area contributed by atoms with E-state index < -0.39 is 12.0 Å². The van der Waals surface area contributed by atoms with Crippen LogP contribution >= 0.6 is 11.3 Å². The monoisotopic (exact) mass is 346 g/mol. The van der Waals surface area contributed by atoms with Crippen molar-refractivity contribution >= 4 is 22.8 Å². The van der Waals surface area contributed by atoms with Gasteiger partial charge in [-0.05, 0) is 38.1 Å². The van der Waals surface area contributed by atoms with E-state index in [9.17, 15) is 9.18 Å². The number of benzene rings is 1. The summed E-state index contributed by atoms with van der Waals surface area (Å²) in [4.78, 5) is 16.1. The van der Waals surface area contributed by atoms with Crippen LogP contribution in [0.2, 0.25) is 0 Å². The van der Waals surface area contributed by atoms with Gasteiger partial charge in [-0.15, -0.1) is 11.3 Å². The summed E-state index contributed by atoms with van der Waals surface area (Å²) in [7, 11) is 0. The highest BCUT2D eigenvalue weighted by atomic mass is 32.1. The third kappa shape index (κ3) is 4.79. The average molecular weight is 346 g/mol. The Labute approximate surface area is 142 Å². The molecule has 1 atom stereocenters. The molecule has 2 rings (SSSR count). The first-order valence-electron chi connectivity index (χ1n) is 7.00. The van der Waals surface area contributed by atoms with Gasteiger partial charge in [-0.1, -0.05) is 0 Å². The van der Waals surface area contributed by atoms with Gasteiger partial charge < -0.3 is 10.2 Å². The SMILES string of the molecule is Cc1csc(/C(C#N)=C/NNC(=O)[C@@H](C)Oc2ccc(F)cc2)n1. The number of hydrazine groups is 1. The number of hydrogen-bond donors (Lipinski definition) is 2. The molecule has 124 valence electrons. The van der Waals surface area contributed by atoms with Gasteiger partial charge in [0.1, 0.15) is 28.2 Å². The summed E-state index contributed by atoms with van der Waals surface area (Å²) < 4.78 is 18.2. The molecule has 0 aliphatic rings. The van der Waals surface area contributed by atoms with Gasteiger partial charge in [0.15, 0.2) is 6.10 Å². The summed E-state index contributed by atoms with van der Waals surface area (Å²) >= 11 is 1.34. The number of rotatable bonds is 6. The van der Waals surface area contributed by atoms with E-state index in [0.717, 1.165) is 5.69 Å². The topological polar surface area (TPSA) is 87.0 Å². The van der Waals surface area contributed by atoms with Crippen molar-refractivity contribution in [2.45, 2.75) is 20.0 Å². The first-order chi connectivity index (χ1) is 11.5. The lowest BCUT2D eigenvalue weighted by atomic mass is 10.3. The smallest absolute Gasteiger partial charge is 0.279 e. The van der Waals surface area contributed by atoms with E-state index in [0.29, 0.717) is 16.3 Å². The summed E-state index contributed by atoms with van der Waals surface area (Å²) in [6.07, 6.45) is 0.560. The molecule has 1 aromatic carbocycles. The molecule has 1 amide bonds. The van der Waals surface area contributed by atoms with E-state index in [1.165, 1.54) is 41.8 Å². The standard InChI is InChI=1S/C16H15FN4O2S/c1-10-9-24-16(20-10)12(7-18)8-19-21-15(22)11(2)23-14-5-3-13(17)4-6-14/h3-6,8-9,11,19H,1-2H3,(H,21,22)/b12-8+/t11-/m1/s1. The number of nitriles is 1. The largest absolute Gasteiger partial charge is 0.481 e. The number of allylic oxidation sites excluding steroid dienone is 1. The van der Waals surface area contributed by atoms with Gasteiger partial charge in [0, 0.05) is 17.3 Å². The molecule has 1 heterocycles. The van der Waals surface area contributed by atoms with Crippen molar-refractivity contribution in [1.29, 1.82) is 5.26 Å². The maximum atomic E-state index is 12.8. The Kier molecular flexibility index (Phi) is 5.87. The molecule has 0 fully saturated rings. The minimum Gasteiger partial charge on any atom is -0.481 e. The van der Waals surface area contributed by atoms with E-state index in [1.807, 2.05) is 18.4 Å². The molecule has 0 radical (unpaired) electrons. The fourth-order valence-corrected chi connectivity index (χ4v) is 2.43. The average Bonchev–Trinajstić information content (AvgIpc) is 2.99. The number of ether oxygens (including phenoxy) is 1. The third-order valence-corrected chi connectivity index (χ3v) is 3.87. The van der Waals surface area contributed by atoms with E-state index in [4.69, 9.17) is 10.00 Å². The second-order valence-corrected chi connectivity index (χ2v) is 5.67. The first kappa shape index (κ1) is 17.4. The Balaban J connectivity index is 1.88. The molecule has 0 bridgehead atoms. The van der Waals surface area contributed by atoms with E-state index >= 15 is 0 Å². The van der Waals surface area contributed by atoms with Crippen molar-refractivity contribution in [1.82, 2.24) is 15.8 Å². The van der Waals surface area contributed by atoms with Crippen LogP contribution < -0.4 is 15.6 Å². The molecule has 0 saturated heterocycles. The molecule has 2 aromatic rings. The Hall–Kier alpha value is -2.92. The molecule has 0 saturated carbocycles. The number of hydrogen-bond acceptors (Lipinski definition) is 6. The fraction of sp³-hybridized carbons (Fsp3) is 0.188. The number of carbonyl (C=O) groups excluding carboxylic acids is 1. The molecule has 6 nitrogen and oxygen atoms in total. The number of nitrogens with one attached hydrogen (secondary N) is 2. The summed E-state index contributed by atoms with van der Waals surface area (Å²) in [6, 6.07) is 7.37. The second kappa shape index (κ2) is 8.08. The molecular formula is C16H15FN4O2S. The van der Waals surface area contributed by atoms with Gasteiger partial charge in [-0.3, -0.25) is 10.2 Å². The number of aryl methyl sites for hydroxylation is 1. The van der Waals surface area contributed by atoms with Crippen molar-refractivity contribution in [3.8, 4) is 11.8 Å². The molecule has 2 N–H and O–H groups in total. The predicted octanol–water partition coefficient (Wildman–Crippen LogP) is 2.54.